The molecule has 162 valence electrons. The number of para-hydroxylation sites is 1. The van der Waals surface area contributed by atoms with E-state index in [-0.39, 0.29) is 23.6 Å². The topological polar surface area (TPSA) is 90.8 Å². The Bertz CT molecular complexity index is 1120. The van der Waals surface area contributed by atoms with Gasteiger partial charge in [-0.25, -0.2) is 9.48 Å². The first-order valence-electron chi connectivity index (χ1n) is 11.0. The van der Waals surface area contributed by atoms with Crippen LogP contribution in [-0.2, 0) is 7.05 Å². The summed E-state index contributed by atoms with van der Waals surface area (Å²) in [4.78, 5) is 28.9. The molecule has 1 amide bonds. The van der Waals surface area contributed by atoms with Crippen LogP contribution in [0.25, 0.3) is 5.69 Å². The second-order valence-electron chi connectivity index (χ2n) is 8.49. The van der Waals surface area contributed by atoms with Crippen molar-refractivity contribution in [3.05, 3.63) is 58.5 Å². The largest absolute Gasteiger partial charge is 0.345 e. The van der Waals surface area contributed by atoms with Crippen LogP contribution in [0.4, 0.5) is 0 Å². The van der Waals surface area contributed by atoms with Gasteiger partial charge in [-0.15, -0.1) is 5.10 Å². The minimum absolute atomic E-state index is 0.0158. The number of nitrogens with zero attached hydrogens (tertiary/aromatic N) is 7. The average molecular weight is 422 g/mol. The predicted molar refractivity (Wildman–Crippen MR) is 114 cm³/mol. The minimum atomic E-state index is -0.102. The molecule has 0 radical (unpaired) electrons. The van der Waals surface area contributed by atoms with Crippen molar-refractivity contribution < 1.29 is 4.79 Å². The molecule has 3 aromatic rings. The first kappa shape index (κ1) is 19.7. The molecule has 1 aromatic carbocycles. The molecule has 0 N–H and O–H groups in total. The van der Waals surface area contributed by atoms with Crippen molar-refractivity contribution in [2.75, 3.05) is 13.1 Å². The molecule has 1 aliphatic carbocycles. The smallest absolute Gasteiger partial charge is 0.337 e. The maximum atomic E-state index is 13.0. The molecular formula is C22H27N7O2. The van der Waals surface area contributed by atoms with E-state index in [0.717, 1.165) is 37.2 Å². The van der Waals surface area contributed by atoms with Crippen LogP contribution < -0.4 is 5.69 Å². The number of piperidine rings is 1. The van der Waals surface area contributed by atoms with Gasteiger partial charge in [0.05, 0.1) is 11.9 Å². The standard InChI is InChI=1S/C22H27N7O2/c1-26-22(31)28(17-7-5-6-8-17)20(25-26)16-11-13-27(14-12-16)21(30)19-15-23-29(24-19)18-9-3-2-4-10-18/h2-4,9-10,15-17H,5-8,11-14H2,1H3. The van der Waals surface area contributed by atoms with E-state index in [4.69, 9.17) is 0 Å². The van der Waals surface area contributed by atoms with E-state index in [9.17, 15) is 9.59 Å². The van der Waals surface area contributed by atoms with Crippen LogP contribution in [0.5, 0.6) is 0 Å². The van der Waals surface area contributed by atoms with Gasteiger partial charge in [0.25, 0.3) is 5.91 Å². The van der Waals surface area contributed by atoms with Gasteiger partial charge in [-0.05, 0) is 37.8 Å². The monoisotopic (exact) mass is 421 g/mol. The number of hydrogen-bond acceptors (Lipinski definition) is 5. The second-order valence-corrected chi connectivity index (χ2v) is 8.49. The Morgan fingerprint density at radius 3 is 2.42 bits per heavy atom. The van der Waals surface area contributed by atoms with Crippen molar-refractivity contribution in [1.82, 2.24) is 34.2 Å². The van der Waals surface area contributed by atoms with E-state index < -0.39 is 0 Å². The van der Waals surface area contributed by atoms with Crippen LogP contribution in [-0.4, -0.2) is 53.2 Å². The van der Waals surface area contributed by atoms with Gasteiger partial charge in [0.2, 0.25) is 0 Å². The zero-order valence-electron chi connectivity index (χ0n) is 17.7. The van der Waals surface area contributed by atoms with E-state index in [1.54, 1.807) is 7.05 Å². The Morgan fingerprint density at radius 2 is 1.71 bits per heavy atom. The normalized spacial score (nSPS) is 18.0. The number of aromatic nitrogens is 6. The van der Waals surface area contributed by atoms with Crippen LogP contribution in [0.1, 0.15) is 66.8 Å². The third-order valence-electron chi connectivity index (χ3n) is 6.52. The van der Waals surface area contributed by atoms with Crippen molar-refractivity contribution in [2.24, 2.45) is 7.05 Å². The van der Waals surface area contributed by atoms with Gasteiger partial charge >= 0.3 is 5.69 Å². The molecule has 5 rings (SSSR count). The summed E-state index contributed by atoms with van der Waals surface area (Å²) in [6.45, 7) is 1.24. The number of hydrogen-bond donors (Lipinski definition) is 0. The van der Waals surface area contributed by atoms with Gasteiger partial charge in [-0.1, -0.05) is 31.0 Å². The third-order valence-corrected chi connectivity index (χ3v) is 6.52. The number of aryl methyl sites for hydroxylation is 1. The fraction of sp³-hybridized carbons (Fsp3) is 0.500. The molecule has 1 saturated carbocycles. The highest BCUT2D eigenvalue weighted by molar-refractivity contribution is 5.92. The molecule has 1 saturated heterocycles. The van der Waals surface area contributed by atoms with Gasteiger partial charge in [0.15, 0.2) is 5.69 Å². The van der Waals surface area contributed by atoms with E-state index in [1.165, 1.54) is 28.5 Å². The molecule has 9 nitrogen and oxygen atoms in total. The Hall–Kier alpha value is -3.23. The van der Waals surface area contributed by atoms with Crippen molar-refractivity contribution in [2.45, 2.75) is 50.5 Å². The summed E-state index contributed by atoms with van der Waals surface area (Å²) in [6, 6.07) is 9.81. The lowest BCUT2D eigenvalue weighted by atomic mass is 9.95. The molecule has 0 atom stereocenters. The molecule has 2 aliphatic rings. The quantitative estimate of drug-likeness (QED) is 0.645. The lowest BCUT2D eigenvalue weighted by Gasteiger charge is -2.31. The first-order valence-corrected chi connectivity index (χ1v) is 11.0. The molecule has 0 spiro atoms. The van der Waals surface area contributed by atoms with Crippen molar-refractivity contribution in [3.63, 3.8) is 0 Å². The number of carbonyl (C=O) groups is 1. The van der Waals surface area contributed by atoms with Crippen LogP contribution in [0, 0.1) is 0 Å². The van der Waals surface area contributed by atoms with E-state index >= 15 is 0 Å². The summed E-state index contributed by atoms with van der Waals surface area (Å²) in [7, 11) is 1.73. The maximum absolute atomic E-state index is 13.0. The van der Waals surface area contributed by atoms with E-state index in [0.29, 0.717) is 18.8 Å². The third kappa shape index (κ3) is 3.68. The number of carbonyl (C=O) groups excluding carboxylic acids is 1. The lowest BCUT2D eigenvalue weighted by molar-refractivity contribution is 0.0703. The summed E-state index contributed by atoms with van der Waals surface area (Å²) >= 11 is 0. The van der Waals surface area contributed by atoms with Crippen molar-refractivity contribution in [1.29, 1.82) is 0 Å². The van der Waals surface area contributed by atoms with Gasteiger partial charge in [0, 0.05) is 32.1 Å². The fourth-order valence-electron chi connectivity index (χ4n) is 4.83. The van der Waals surface area contributed by atoms with Gasteiger partial charge < -0.3 is 4.90 Å². The number of likely N-dealkylation sites (tertiary alicyclic amines) is 1. The second kappa shape index (κ2) is 8.13. The summed E-state index contributed by atoms with van der Waals surface area (Å²) in [5.41, 5.74) is 1.15. The Labute approximate surface area is 180 Å². The van der Waals surface area contributed by atoms with Gasteiger partial charge in [-0.2, -0.15) is 15.0 Å². The summed E-state index contributed by atoms with van der Waals surface area (Å²) in [6.07, 6.45) is 7.55. The molecular weight excluding hydrogens is 394 g/mol. The summed E-state index contributed by atoms with van der Waals surface area (Å²) in [5.74, 6) is 0.981. The molecule has 0 unspecified atom stereocenters. The maximum Gasteiger partial charge on any atom is 0.345 e. The van der Waals surface area contributed by atoms with Crippen LogP contribution in [0.15, 0.2) is 41.3 Å². The Morgan fingerprint density at radius 1 is 1.00 bits per heavy atom. The Balaban J connectivity index is 1.28. The zero-order valence-corrected chi connectivity index (χ0v) is 17.7. The van der Waals surface area contributed by atoms with Gasteiger partial charge in [0.1, 0.15) is 5.82 Å². The first-order chi connectivity index (χ1) is 15.1. The van der Waals surface area contributed by atoms with Crippen LogP contribution in [0.3, 0.4) is 0 Å². The lowest BCUT2D eigenvalue weighted by Crippen LogP contribution is -2.39. The van der Waals surface area contributed by atoms with Gasteiger partial charge in [-0.3, -0.25) is 9.36 Å². The molecule has 9 heteroatoms. The highest BCUT2D eigenvalue weighted by Gasteiger charge is 2.32. The van der Waals surface area contributed by atoms with Crippen LogP contribution in [0.2, 0.25) is 0 Å². The summed E-state index contributed by atoms with van der Waals surface area (Å²) < 4.78 is 3.40. The van der Waals surface area contributed by atoms with Crippen LogP contribution >= 0.6 is 0 Å². The number of rotatable bonds is 4. The SMILES string of the molecule is Cn1nc(C2CCN(C(=O)c3cnn(-c4ccccc4)n3)CC2)n(C2CCCC2)c1=O. The predicted octanol–water partition coefficient (Wildman–Crippen LogP) is 2.30. The zero-order chi connectivity index (χ0) is 21.4. The highest BCUT2D eigenvalue weighted by Crippen LogP contribution is 2.33. The van der Waals surface area contributed by atoms with Crippen molar-refractivity contribution >= 4 is 5.91 Å². The highest BCUT2D eigenvalue weighted by atomic mass is 16.2. The minimum Gasteiger partial charge on any atom is -0.337 e. The Kier molecular flexibility index (Phi) is 5.17. The fourth-order valence-corrected chi connectivity index (χ4v) is 4.83. The number of benzene rings is 1. The number of amides is 1. The molecule has 31 heavy (non-hydrogen) atoms. The van der Waals surface area contributed by atoms with Crippen molar-refractivity contribution in [3.8, 4) is 5.69 Å². The summed E-state index contributed by atoms with van der Waals surface area (Å²) in [5, 5.41) is 13.2. The molecule has 1 aliphatic heterocycles. The average Bonchev–Trinajstić information content (AvgIpc) is 3.56. The molecule has 0 bridgehead atoms. The molecule has 3 heterocycles. The van der Waals surface area contributed by atoms with E-state index in [1.807, 2.05) is 39.8 Å². The molecule has 2 fully saturated rings. The van der Waals surface area contributed by atoms with E-state index in [2.05, 4.69) is 15.3 Å². The molecule has 2 aromatic heterocycles.